The number of hydrogen-bond donors (Lipinski definition) is 1. The first-order valence-corrected chi connectivity index (χ1v) is 13.4. The van der Waals surface area contributed by atoms with Gasteiger partial charge in [-0.25, -0.2) is 19.0 Å². The van der Waals surface area contributed by atoms with Crippen LogP contribution in [0.2, 0.25) is 0 Å². The van der Waals surface area contributed by atoms with Crippen LogP contribution in [0.5, 0.6) is 0 Å². The molecule has 10 nitrogen and oxygen atoms in total. The second-order valence-corrected chi connectivity index (χ2v) is 9.65. The van der Waals surface area contributed by atoms with Crippen molar-refractivity contribution in [3.63, 3.8) is 0 Å². The van der Waals surface area contributed by atoms with Crippen molar-refractivity contribution in [3.8, 4) is 16.9 Å². The van der Waals surface area contributed by atoms with Crippen molar-refractivity contribution in [1.82, 2.24) is 29.6 Å². The number of rotatable bonds is 7. The number of benzene rings is 2. The van der Waals surface area contributed by atoms with E-state index >= 15 is 0 Å². The van der Waals surface area contributed by atoms with E-state index in [0.717, 1.165) is 68.8 Å². The summed E-state index contributed by atoms with van der Waals surface area (Å²) in [4.78, 5) is 20.3. The van der Waals surface area contributed by atoms with Gasteiger partial charge in [0, 0.05) is 62.4 Å². The molecule has 2 aliphatic heterocycles. The molecule has 39 heavy (non-hydrogen) atoms. The highest BCUT2D eigenvalue weighted by atomic mass is 19.1. The second kappa shape index (κ2) is 11.3. The third-order valence-electron chi connectivity index (χ3n) is 7.18. The van der Waals surface area contributed by atoms with E-state index in [-0.39, 0.29) is 5.82 Å². The van der Waals surface area contributed by atoms with Gasteiger partial charge in [0.05, 0.1) is 24.6 Å². The monoisotopic (exact) mass is 529 g/mol. The van der Waals surface area contributed by atoms with Crippen LogP contribution in [-0.4, -0.2) is 88.7 Å². The molecule has 2 aliphatic rings. The molecule has 0 radical (unpaired) electrons. The van der Waals surface area contributed by atoms with Crippen molar-refractivity contribution in [2.24, 2.45) is 0 Å². The van der Waals surface area contributed by atoms with Crippen molar-refractivity contribution in [2.45, 2.75) is 6.92 Å². The van der Waals surface area contributed by atoms with Gasteiger partial charge >= 0.3 is 0 Å². The Kier molecular flexibility index (Phi) is 7.33. The number of ether oxygens (including phenoxy) is 1. The van der Waals surface area contributed by atoms with Gasteiger partial charge in [-0.2, -0.15) is 4.98 Å². The molecule has 0 bridgehead atoms. The normalized spacial score (nSPS) is 16.5. The van der Waals surface area contributed by atoms with Gasteiger partial charge in [-0.3, -0.25) is 0 Å². The minimum absolute atomic E-state index is 0.294. The molecule has 0 spiro atoms. The number of hydrogen-bond acceptors (Lipinski definition) is 9. The lowest BCUT2D eigenvalue weighted by Gasteiger charge is -2.33. The van der Waals surface area contributed by atoms with E-state index in [4.69, 9.17) is 4.74 Å². The predicted molar refractivity (Wildman–Crippen MR) is 149 cm³/mol. The van der Waals surface area contributed by atoms with Crippen LogP contribution in [0.4, 0.5) is 27.7 Å². The molecule has 0 amide bonds. The summed E-state index contributed by atoms with van der Waals surface area (Å²) in [5, 5.41) is 7.94. The summed E-state index contributed by atoms with van der Waals surface area (Å²) < 4.78 is 21.7. The Morgan fingerprint density at radius 3 is 2.44 bits per heavy atom. The van der Waals surface area contributed by atoms with Crippen molar-refractivity contribution in [3.05, 3.63) is 66.9 Å². The Hall–Kier alpha value is -4.09. The molecule has 0 saturated carbocycles. The molecule has 2 aromatic heterocycles. The Morgan fingerprint density at radius 1 is 0.872 bits per heavy atom. The fourth-order valence-electron chi connectivity index (χ4n) is 4.92. The molecule has 0 atom stereocenters. The molecule has 0 unspecified atom stereocenters. The van der Waals surface area contributed by atoms with E-state index in [2.05, 4.69) is 47.0 Å². The van der Waals surface area contributed by atoms with E-state index in [1.807, 2.05) is 30.3 Å². The van der Waals surface area contributed by atoms with Crippen LogP contribution in [0.15, 0.2) is 61.1 Å². The van der Waals surface area contributed by atoms with E-state index < -0.39 is 0 Å². The van der Waals surface area contributed by atoms with Gasteiger partial charge < -0.3 is 24.8 Å². The molecule has 4 heterocycles. The molecule has 0 aliphatic carbocycles. The molecular formula is C28H32FN9O. The number of morpholine rings is 1. The first-order chi connectivity index (χ1) is 19.1. The molecule has 6 rings (SSSR count). The average molecular weight is 530 g/mol. The number of aromatic nitrogens is 5. The molecular weight excluding hydrogens is 497 g/mol. The molecule has 2 fully saturated rings. The summed E-state index contributed by atoms with van der Waals surface area (Å²) in [5.74, 6) is 0.899. The maximum Gasteiger partial charge on any atom is 0.245 e. The van der Waals surface area contributed by atoms with Crippen LogP contribution in [0.25, 0.3) is 16.9 Å². The molecule has 202 valence electrons. The van der Waals surface area contributed by atoms with Crippen molar-refractivity contribution >= 4 is 23.3 Å². The summed E-state index contributed by atoms with van der Waals surface area (Å²) in [6, 6.07) is 14.7. The standard InChI is InChI=1S/C28H32FN9O/c1-2-35-9-11-37(12-10-35)28-31-20-38(34-28)24-5-3-23(4-6-24)32-27-30-8-7-26(33-27)21-17-22(29)19-25(18-21)36-13-15-39-16-14-36/h3-8,17-20H,2,9-16H2,1H3,(H,30,32,33). The zero-order chi connectivity index (χ0) is 26.6. The summed E-state index contributed by atoms with van der Waals surface area (Å²) >= 11 is 0. The Balaban J connectivity index is 1.14. The molecule has 11 heteroatoms. The van der Waals surface area contributed by atoms with Crippen molar-refractivity contribution in [1.29, 1.82) is 0 Å². The lowest BCUT2D eigenvalue weighted by atomic mass is 10.1. The second-order valence-electron chi connectivity index (χ2n) is 9.65. The highest BCUT2D eigenvalue weighted by Crippen LogP contribution is 2.27. The van der Waals surface area contributed by atoms with Crippen LogP contribution in [-0.2, 0) is 4.74 Å². The van der Waals surface area contributed by atoms with Crippen LogP contribution in [0, 0.1) is 5.82 Å². The average Bonchev–Trinajstić information content (AvgIpc) is 3.48. The summed E-state index contributed by atoms with van der Waals surface area (Å²) in [5.41, 5.74) is 3.93. The summed E-state index contributed by atoms with van der Waals surface area (Å²) in [6.45, 7) is 9.95. The fourth-order valence-corrected chi connectivity index (χ4v) is 4.92. The van der Waals surface area contributed by atoms with Gasteiger partial charge in [-0.05, 0) is 55.1 Å². The van der Waals surface area contributed by atoms with Crippen LogP contribution >= 0.6 is 0 Å². The van der Waals surface area contributed by atoms with Crippen molar-refractivity contribution in [2.75, 3.05) is 74.1 Å². The van der Waals surface area contributed by atoms with E-state index in [9.17, 15) is 4.39 Å². The zero-order valence-corrected chi connectivity index (χ0v) is 22.0. The van der Waals surface area contributed by atoms with Gasteiger partial charge in [0.15, 0.2) is 0 Å². The molecule has 2 aromatic carbocycles. The number of anilines is 4. The van der Waals surface area contributed by atoms with Gasteiger partial charge in [0.2, 0.25) is 11.9 Å². The van der Waals surface area contributed by atoms with E-state index in [0.29, 0.717) is 30.4 Å². The van der Waals surface area contributed by atoms with Crippen LogP contribution in [0.1, 0.15) is 6.92 Å². The first kappa shape index (κ1) is 25.2. The minimum Gasteiger partial charge on any atom is -0.378 e. The Labute approximate surface area is 227 Å². The molecule has 4 aromatic rings. The molecule has 1 N–H and O–H groups in total. The molecule has 2 saturated heterocycles. The number of likely N-dealkylation sites (N-methyl/N-ethyl adjacent to an activating group) is 1. The van der Waals surface area contributed by atoms with Crippen LogP contribution < -0.4 is 15.1 Å². The summed E-state index contributed by atoms with van der Waals surface area (Å²) in [7, 11) is 0. The SMILES string of the molecule is CCN1CCN(c2ncn(-c3ccc(Nc4nccc(-c5cc(F)cc(N6CCOCC6)c5)n4)cc3)n2)CC1. The number of nitrogens with zero attached hydrogens (tertiary/aromatic N) is 8. The third kappa shape index (κ3) is 5.84. The highest BCUT2D eigenvalue weighted by Gasteiger charge is 2.19. The van der Waals surface area contributed by atoms with Gasteiger partial charge in [0.25, 0.3) is 0 Å². The van der Waals surface area contributed by atoms with E-state index in [1.165, 1.54) is 6.07 Å². The Morgan fingerprint density at radius 2 is 1.67 bits per heavy atom. The summed E-state index contributed by atoms with van der Waals surface area (Å²) in [6.07, 6.45) is 3.43. The predicted octanol–water partition coefficient (Wildman–Crippen LogP) is 3.59. The highest BCUT2D eigenvalue weighted by molar-refractivity contribution is 5.67. The van der Waals surface area contributed by atoms with E-state index in [1.54, 1.807) is 29.3 Å². The number of halogens is 1. The van der Waals surface area contributed by atoms with Gasteiger partial charge in [-0.15, -0.1) is 5.10 Å². The Bertz CT molecular complexity index is 1400. The maximum atomic E-state index is 14.5. The smallest absolute Gasteiger partial charge is 0.245 e. The quantitative estimate of drug-likeness (QED) is 0.386. The van der Waals surface area contributed by atoms with Gasteiger partial charge in [-0.1, -0.05) is 6.92 Å². The number of nitrogens with one attached hydrogen (secondary N) is 1. The lowest BCUT2D eigenvalue weighted by molar-refractivity contribution is 0.122. The number of piperazine rings is 1. The first-order valence-electron chi connectivity index (χ1n) is 13.4. The van der Waals surface area contributed by atoms with Gasteiger partial charge in [0.1, 0.15) is 12.1 Å². The van der Waals surface area contributed by atoms with Crippen LogP contribution in [0.3, 0.4) is 0 Å². The topological polar surface area (TPSA) is 87.5 Å². The largest absolute Gasteiger partial charge is 0.378 e. The zero-order valence-electron chi connectivity index (χ0n) is 22.0. The maximum absolute atomic E-state index is 14.5. The van der Waals surface area contributed by atoms with Crippen molar-refractivity contribution < 1.29 is 9.13 Å². The lowest BCUT2D eigenvalue weighted by Crippen LogP contribution is -2.46. The third-order valence-corrected chi connectivity index (χ3v) is 7.18. The fraction of sp³-hybridized carbons (Fsp3) is 0.357. The minimum atomic E-state index is -0.294.